The first-order valence-corrected chi connectivity index (χ1v) is 5.69. The minimum absolute atomic E-state index is 0.0690. The summed E-state index contributed by atoms with van der Waals surface area (Å²) in [6.07, 6.45) is 3.89. The standard InChI is InChI=1S/C14H13FO/c15-11-5-6-12-13(9-11)16-10-14(12)7-3-1-2-4-8-14/h5-6,9H,3-4,7-8,10H2. The van der Waals surface area contributed by atoms with E-state index in [0.717, 1.165) is 31.4 Å². The molecule has 0 saturated heterocycles. The molecule has 0 unspecified atom stereocenters. The quantitative estimate of drug-likeness (QED) is 0.606. The minimum Gasteiger partial charge on any atom is -0.492 e. The van der Waals surface area contributed by atoms with Crippen molar-refractivity contribution in [2.45, 2.75) is 31.1 Å². The van der Waals surface area contributed by atoms with Crippen molar-refractivity contribution >= 4 is 0 Å². The van der Waals surface area contributed by atoms with Gasteiger partial charge in [0.05, 0.1) is 6.61 Å². The zero-order valence-electron chi connectivity index (χ0n) is 9.05. The summed E-state index contributed by atoms with van der Waals surface area (Å²) < 4.78 is 18.7. The van der Waals surface area contributed by atoms with Crippen LogP contribution in [0.15, 0.2) is 18.2 Å². The maximum absolute atomic E-state index is 13.1. The summed E-state index contributed by atoms with van der Waals surface area (Å²) in [6.45, 7) is 0.676. The SMILES string of the molecule is Fc1ccc2c(c1)OCC21CCC#CCC1. The van der Waals surface area contributed by atoms with E-state index in [-0.39, 0.29) is 11.2 Å². The average molecular weight is 216 g/mol. The molecule has 3 rings (SSSR count). The highest BCUT2D eigenvalue weighted by Gasteiger charge is 2.40. The van der Waals surface area contributed by atoms with Crippen LogP contribution in [0.2, 0.25) is 0 Å². The lowest BCUT2D eigenvalue weighted by atomic mass is 9.76. The van der Waals surface area contributed by atoms with Crippen molar-refractivity contribution in [1.29, 1.82) is 0 Å². The molecule has 0 fully saturated rings. The Bertz CT molecular complexity index is 469. The van der Waals surface area contributed by atoms with Gasteiger partial charge >= 0.3 is 0 Å². The van der Waals surface area contributed by atoms with Crippen molar-refractivity contribution in [1.82, 2.24) is 0 Å². The number of ether oxygens (including phenoxy) is 1. The third-order valence-electron chi connectivity index (χ3n) is 3.60. The summed E-state index contributed by atoms with van der Waals surface area (Å²) in [6, 6.07) is 4.90. The predicted octanol–water partition coefficient (Wildman–Crippen LogP) is 3.03. The molecule has 2 aliphatic rings. The second-order valence-corrected chi connectivity index (χ2v) is 4.56. The molecule has 1 aromatic carbocycles. The molecular weight excluding hydrogens is 203 g/mol. The lowest BCUT2D eigenvalue weighted by molar-refractivity contribution is 0.246. The Hall–Kier alpha value is -1.49. The highest BCUT2D eigenvalue weighted by Crippen LogP contribution is 2.45. The Balaban J connectivity index is 2.01. The molecule has 1 spiro atoms. The molecule has 0 N–H and O–H groups in total. The minimum atomic E-state index is -0.222. The number of benzene rings is 1. The van der Waals surface area contributed by atoms with Crippen LogP contribution in [0.5, 0.6) is 5.75 Å². The fourth-order valence-corrected chi connectivity index (χ4v) is 2.67. The third-order valence-corrected chi connectivity index (χ3v) is 3.60. The van der Waals surface area contributed by atoms with E-state index in [0.29, 0.717) is 6.61 Å². The second kappa shape index (κ2) is 3.52. The second-order valence-electron chi connectivity index (χ2n) is 4.56. The Morgan fingerprint density at radius 2 is 1.94 bits per heavy atom. The molecule has 0 saturated carbocycles. The van der Waals surface area contributed by atoms with E-state index in [4.69, 9.17) is 4.74 Å². The van der Waals surface area contributed by atoms with E-state index in [2.05, 4.69) is 11.8 Å². The smallest absolute Gasteiger partial charge is 0.126 e. The lowest BCUT2D eigenvalue weighted by Crippen LogP contribution is -2.27. The summed E-state index contributed by atoms with van der Waals surface area (Å²) >= 11 is 0. The molecule has 1 nitrogen and oxygen atoms in total. The number of rotatable bonds is 0. The van der Waals surface area contributed by atoms with Gasteiger partial charge in [0.2, 0.25) is 0 Å². The predicted molar refractivity (Wildman–Crippen MR) is 59.8 cm³/mol. The lowest BCUT2D eigenvalue weighted by Gasteiger charge is -2.25. The van der Waals surface area contributed by atoms with Crippen LogP contribution in [0.25, 0.3) is 0 Å². The molecule has 0 aromatic heterocycles. The van der Waals surface area contributed by atoms with Crippen LogP contribution >= 0.6 is 0 Å². The zero-order valence-corrected chi connectivity index (χ0v) is 9.05. The van der Waals surface area contributed by atoms with Crippen molar-refractivity contribution in [3.63, 3.8) is 0 Å². The molecule has 0 amide bonds. The van der Waals surface area contributed by atoms with Crippen LogP contribution in [0.1, 0.15) is 31.2 Å². The van der Waals surface area contributed by atoms with Gasteiger partial charge in [0, 0.05) is 29.9 Å². The molecule has 0 atom stereocenters. The number of hydrogen-bond acceptors (Lipinski definition) is 1. The van der Waals surface area contributed by atoms with Gasteiger partial charge in [-0.1, -0.05) is 6.07 Å². The normalized spacial score (nSPS) is 20.6. The van der Waals surface area contributed by atoms with Crippen LogP contribution in [0.3, 0.4) is 0 Å². The van der Waals surface area contributed by atoms with Gasteiger partial charge < -0.3 is 4.74 Å². The van der Waals surface area contributed by atoms with E-state index in [1.54, 1.807) is 0 Å². The van der Waals surface area contributed by atoms with Crippen LogP contribution in [0, 0.1) is 17.7 Å². The van der Waals surface area contributed by atoms with E-state index in [1.165, 1.54) is 17.7 Å². The van der Waals surface area contributed by atoms with Gasteiger partial charge in [-0.05, 0) is 18.9 Å². The van der Waals surface area contributed by atoms with E-state index < -0.39 is 0 Å². The molecule has 1 heterocycles. The fraction of sp³-hybridized carbons (Fsp3) is 0.429. The van der Waals surface area contributed by atoms with Gasteiger partial charge in [0.15, 0.2) is 0 Å². The largest absolute Gasteiger partial charge is 0.492 e. The van der Waals surface area contributed by atoms with Gasteiger partial charge in [0.1, 0.15) is 11.6 Å². The van der Waals surface area contributed by atoms with Gasteiger partial charge in [-0.25, -0.2) is 4.39 Å². The summed E-state index contributed by atoms with van der Waals surface area (Å²) in [5.74, 6) is 6.82. The number of fused-ring (bicyclic) bond motifs is 2. The van der Waals surface area contributed by atoms with E-state index >= 15 is 0 Å². The Kier molecular flexibility index (Phi) is 2.14. The summed E-state index contributed by atoms with van der Waals surface area (Å²) in [5, 5.41) is 0. The molecule has 82 valence electrons. The van der Waals surface area contributed by atoms with Crippen LogP contribution < -0.4 is 4.74 Å². The molecule has 1 aliphatic carbocycles. The highest BCUT2D eigenvalue weighted by atomic mass is 19.1. The van der Waals surface area contributed by atoms with E-state index in [1.807, 2.05) is 6.07 Å². The Morgan fingerprint density at radius 1 is 1.19 bits per heavy atom. The van der Waals surface area contributed by atoms with Gasteiger partial charge in [-0.15, -0.1) is 11.8 Å². The molecule has 0 radical (unpaired) electrons. The average Bonchev–Trinajstić information content (AvgIpc) is 2.48. The molecule has 1 aromatic rings. The summed E-state index contributed by atoms with van der Waals surface area (Å²) in [5.41, 5.74) is 1.24. The first kappa shape index (κ1) is 9.72. The first-order valence-electron chi connectivity index (χ1n) is 5.69. The van der Waals surface area contributed by atoms with Gasteiger partial charge in [0.25, 0.3) is 0 Å². The Morgan fingerprint density at radius 3 is 2.69 bits per heavy atom. The van der Waals surface area contributed by atoms with Gasteiger partial charge in [-0.3, -0.25) is 0 Å². The number of hydrogen-bond donors (Lipinski definition) is 0. The van der Waals surface area contributed by atoms with Crippen LogP contribution in [-0.4, -0.2) is 6.61 Å². The van der Waals surface area contributed by atoms with Crippen molar-refractivity contribution < 1.29 is 9.13 Å². The summed E-state index contributed by atoms with van der Waals surface area (Å²) in [4.78, 5) is 0. The van der Waals surface area contributed by atoms with Crippen molar-refractivity contribution in [3.05, 3.63) is 29.6 Å². The first-order chi connectivity index (χ1) is 7.80. The molecular formula is C14H13FO. The van der Waals surface area contributed by atoms with Crippen molar-refractivity contribution in [2.75, 3.05) is 6.61 Å². The Labute approximate surface area is 94.6 Å². The maximum Gasteiger partial charge on any atom is 0.126 e. The van der Waals surface area contributed by atoms with Crippen LogP contribution in [-0.2, 0) is 5.41 Å². The van der Waals surface area contributed by atoms with Gasteiger partial charge in [-0.2, -0.15) is 0 Å². The molecule has 0 bridgehead atoms. The van der Waals surface area contributed by atoms with Crippen molar-refractivity contribution in [3.8, 4) is 17.6 Å². The molecule has 16 heavy (non-hydrogen) atoms. The molecule has 2 heteroatoms. The highest BCUT2D eigenvalue weighted by molar-refractivity contribution is 5.44. The topological polar surface area (TPSA) is 9.23 Å². The van der Waals surface area contributed by atoms with Crippen molar-refractivity contribution in [2.24, 2.45) is 0 Å². The zero-order chi connectivity index (χ0) is 11.0. The fourth-order valence-electron chi connectivity index (χ4n) is 2.67. The monoisotopic (exact) mass is 216 g/mol. The van der Waals surface area contributed by atoms with E-state index in [9.17, 15) is 4.39 Å². The maximum atomic E-state index is 13.1. The third kappa shape index (κ3) is 1.39. The van der Waals surface area contributed by atoms with Crippen LogP contribution in [0.4, 0.5) is 4.39 Å². The molecule has 1 aliphatic heterocycles. The number of halogens is 1. The summed E-state index contributed by atoms with van der Waals surface area (Å²) in [7, 11) is 0.